The largest absolute Gasteiger partial charge is 0.444 e. The van der Waals surface area contributed by atoms with Crippen LogP contribution in [0.5, 0.6) is 0 Å². The van der Waals surface area contributed by atoms with Crippen molar-refractivity contribution in [3.63, 3.8) is 0 Å². The van der Waals surface area contributed by atoms with Gasteiger partial charge in [-0.25, -0.2) is 13.8 Å². The number of aliphatic hydroxyl groups is 2. The Hall–Kier alpha value is -3.92. The number of hydrogen-bond donors (Lipinski definition) is 4. The Morgan fingerprint density at radius 2 is 1.74 bits per heavy atom. The molecule has 0 aliphatic heterocycles. The van der Waals surface area contributed by atoms with E-state index in [0.717, 1.165) is 18.1 Å². The Morgan fingerprint density at radius 1 is 1.00 bits per heavy atom. The van der Waals surface area contributed by atoms with Gasteiger partial charge in [-0.15, -0.1) is 0 Å². The monoisotopic (exact) mass is 535 g/mol. The van der Waals surface area contributed by atoms with Crippen molar-refractivity contribution in [3.8, 4) is 11.5 Å². The second kappa shape index (κ2) is 13.2. The Bertz CT molecular complexity index is 1390. The van der Waals surface area contributed by atoms with E-state index in [2.05, 4.69) is 28.6 Å². The first-order chi connectivity index (χ1) is 18.8. The number of halogens is 2. The van der Waals surface area contributed by atoms with Crippen molar-refractivity contribution < 1.29 is 28.2 Å². The molecule has 0 saturated carbocycles. The van der Waals surface area contributed by atoms with Crippen molar-refractivity contribution in [2.24, 2.45) is 0 Å². The number of benzene rings is 3. The maximum atomic E-state index is 13.9. The molecule has 0 saturated heterocycles. The quantitative estimate of drug-likeness (QED) is 0.217. The van der Waals surface area contributed by atoms with Crippen LogP contribution in [0.3, 0.4) is 0 Å². The molecule has 0 aliphatic rings. The zero-order valence-electron chi connectivity index (χ0n) is 21.5. The lowest BCUT2D eigenvalue weighted by Crippen LogP contribution is -2.48. The van der Waals surface area contributed by atoms with Gasteiger partial charge in [0, 0.05) is 30.3 Å². The number of nitrogens with one attached hydrogen (secondary N) is 2. The van der Waals surface area contributed by atoms with Gasteiger partial charge in [-0.3, -0.25) is 4.79 Å². The van der Waals surface area contributed by atoms with Crippen LogP contribution in [0.2, 0.25) is 0 Å². The van der Waals surface area contributed by atoms with E-state index in [1.165, 1.54) is 24.0 Å². The lowest BCUT2D eigenvalue weighted by Gasteiger charge is -2.25. The van der Waals surface area contributed by atoms with Gasteiger partial charge in [0.15, 0.2) is 0 Å². The predicted octanol–water partition coefficient (Wildman–Crippen LogP) is 4.17. The van der Waals surface area contributed by atoms with Crippen LogP contribution in [0.4, 0.5) is 8.78 Å². The molecule has 4 N–H and O–H groups in total. The van der Waals surface area contributed by atoms with Crippen LogP contribution in [0, 0.1) is 11.6 Å². The van der Waals surface area contributed by atoms with Gasteiger partial charge in [-0.2, -0.15) is 0 Å². The molecule has 4 rings (SSSR count). The number of aromatic nitrogens is 1. The minimum absolute atomic E-state index is 0.00781. The van der Waals surface area contributed by atoms with E-state index in [4.69, 9.17) is 4.42 Å². The van der Waals surface area contributed by atoms with Crippen molar-refractivity contribution >= 4 is 5.91 Å². The highest BCUT2D eigenvalue weighted by Crippen LogP contribution is 2.20. The minimum Gasteiger partial charge on any atom is -0.444 e. The second-order valence-electron chi connectivity index (χ2n) is 9.32. The number of carbonyl (C=O) groups is 1. The van der Waals surface area contributed by atoms with Gasteiger partial charge in [-0.1, -0.05) is 37.3 Å². The fourth-order valence-corrected chi connectivity index (χ4v) is 4.29. The molecule has 39 heavy (non-hydrogen) atoms. The van der Waals surface area contributed by atoms with Crippen LogP contribution in [-0.4, -0.2) is 39.8 Å². The Balaban J connectivity index is 1.49. The van der Waals surface area contributed by atoms with Gasteiger partial charge < -0.3 is 25.3 Å². The van der Waals surface area contributed by atoms with Crippen LogP contribution in [0.25, 0.3) is 11.5 Å². The van der Waals surface area contributed by atoms with E-state index in [1.807, 2.05) is 18.2 Å². The number of amides is 1. The molecular weight excluding hydrogens is 504 g/mol. The van der Waals surface area contributed by atoms with Crippen molar-refractivity contribution in [3.05, 3.63) is 113 Å². The molecule has 4 aromatic rings. The van der Waals surface area contributed by atoms with Crippen molar-refractivity contribution in [2.75, 3.05) is 6.54 Å². The average Bonchev–Trinajstić information content (AvgIpc) is 3.42. The SMILES string of the molecule is CCc1cccc(CNC[C@H](O)[C@H](Cc2cc(F)cc(F)c2)NC(=O)c2cccc(-c3nc(CO)co3)c2)c1. The molecule has 0 bridgehead atoms. The molecule has 0 aliphatic carbocycles. The fraction of sp³-hybridized carbons (Fsp3) is 0.267. The first kappa shape index (κ1) is 28.1. The first-order valence-corrected chi connectivity index (χ1v) is 12.7. The Morgan fingerprint density at radius 3 is 2.46 bits per heavy atom. The number of hydrogen-bond acceptors (Lipinski definition) is 6. The summed E-state index contributed by atoms with van der Waals surface area (Å²) in [5, 5.41) is 26.3. The third-order valence-corrected chi connectivity index (χ3v) is 6.33. The topological polar surface area (TPSA) is 108 Å². The first-order valence-electron chi connectivity index (χ1n) is 12.7. The number of rotatable bonds is 12. The third kappa shape index (κ3) is 7.79. The van der Waals surface area contributed by atoms with Crippen LogP contribution in [-0.2, 0) is 26.0 Å². The van der Waals surface area contributed by atoms with E-state index >= 15 is 0 Å². The van der Waals surface area contributed by atoms with Gasteiger partial charge in [-0.05, 0) is 59.9 Å². The smallest absolute Gasteiger partial charge is 0.251 e. The lowest BCUT2D eigenvalue weighted by molar-refractivity contribution is 0.0830. The normalized spacial score (nSPS) is 12.7. The minimum atomic E-state index is -1.06. The summed E-state index contributed by atoms with van der Waals surface area (Å²) < 4.78 is 33.1. The van der Waals surface area contributed by atoms with E-state index in [-0.39, 0.29) is 31.0 Å². The maximum absolute atomic E-state index is 13.9. The molecule has 0 radical (unpaired) electrons. The summed E-state index contributed by atoms with van der Waals surface area (Å²) in [6, 6.07) is 16.9. The van der Waals surface area contributed by atoms with Crippen molar-refractivity contribution in [2.45, 2.75) is 45.1 Å². The number of aliphatic hydroxyl groups excluding tert-OH is 2. The van der Waals surface area contributed by atoms with Crippen molar-refractivity contribution in [1.82, 2.24) is 15.6 Å². The number of aryl methyl sites for hydroxylation is 1. The van der Waals surface area contributed by atoms with Crippen LogP contribution in [0.1, 0.15) is 39.7 Å². The van der Waals surface area contributed by atoms with Gasteiger partial charge in [0.1, 0.15) is 23.6 Å². The van der Waals surface area contributed by atoms with E-state index in [1.54, 1.807) is 24.3 Å². The number of oxazole rings is 1. The van der Waals surface area contributed by atoms with Gasteiger partial charge in [0.2, 0.25) is 5.89 Å². The molecule has 2 atom stereocenters. The zero-order valence-corrected chi connectivity index (χ0v) is 21.5. The highest BCUT2D eigenvalue weighted by molar-refractivity contribution is 5.95. The molecule has 0 spiro atoms. The summed E-state index contributed by atoms with van der Waals surface area (Å²) in [5.41, 5.74) is 3.73. The second-order valence-corrected chi connectivity index (χ2v) is 9.32. The third-order valence-electron chi connectivity index (χ3n) is 6.33. The Kier molecular flexibility index (Phi) is 9.54. The molecule has 1 amide bonds. The average molecular weight is 536 g/mol. The molecule has 7 nitrogen and oxygen atoms in total. The van der Waals surface area contributed by atoms with Crippen LogP contribution >= 0.6 is 0 Å². The molecular formula is C30H31F2N3O4. The molecule has 9 heteroatoms. The molecule has 0 unspecified atom stereocenters. The van der Waals surface area contributed by atoms with E-state index < -0.39 is 29.7 Å². The van der Waals surface area contributed by atoms with E-state index in [9.17, 15) is 23.8 Å². The summed E-state index contributed by atoms with van der Waals surface area (Å²) >= 11 is 0. The van der Waals surface area contributed by atoms with Crippen LogP contribution in [0.15, 0.2) is 77.4 Å². The molecule has 0 fully saturated rings. The van der Waals surface area contributed by atoms with Crippen molar-refractivity contribution in [1.29, 1.82) is 0 Å². The molecule has 1 heterocycles. The molecule has 3 aromatic carbocycles. The Labute approximate surface area is 225 Å². The van der Waals surface area contributed by atoms with Gasteiger partial charge in [0.05, 0.1) is 18.8 Å². The molecule has 204 valence electrons. The van der Waals surface area contributed by atoms with Gasteiger partial charge in [0.25, 0.3) is 5.91 Å². The fourth-order valence-electron chi connectivity index (χ4n) is 4.29. The van der Waals surface area contributed by atoms with Crippen LogP contribution < -0.4 is 10.6 Å². The molecule has 1 aromatic heterocycles. The summed E-state index contributed by atoms with van der Waals surface area (Å²) in [6.07, 6.45) is 1.19. The standard InChI is InChI=1S/C30H31F2N3O4/c1-2-19-5-3-6-20(9-19)15-33-16-28(37)27(12-21-10-24(31)14-25(32)11-21)35-29(38)22-7-4-8-23(13-22)30-34-26(17-36)18-39-30/h3-11,13-14,18,27-28,33,36-37H,2,12,15-17H2,1H3,(H,35,38)/t27-,28-/m0/s1. The zero-order chi connectivity index (χ0) is 27.8. The lowest BCUT2D eigenvalue weighted by atomic mass is 9.99. The predicted molar refractivity (Wildman–Crippen MR) is 143 cm³/mol. The van der Waals surface area contributed by atoms with Gasteiger partial charge >= 0.3 is 0 Å². The summed E-state index contributed by atoms with van der Waals surface area (Å²) in [6.45, 7) is 2.45. The van der Waals surface area contributed by atoms with E-state index in [0.29, 0.717) is 23.4 Å². The number of carbonyl (C=O) groups excluding carboxylic acids is 1. The summed E-state index contributed by atoms with van der Waals surface area (Å²) in [7, 11) is 0. The highest BCUT2D eigenvalue weighted by Gasteiger charge is 2.23. The highest BCUT2D eigenvalue weighted by atomic mass is 19.1. The number of nitrogens with zero attached hydrogens (tertiary/aromatic N) is 1. The maximum Gasteiger partial charge on any atom is 0.251 e. The summed E-state index contributed by atoms with van der Waals surface area (Å²) in [4.78, 5) is 17.4. The summed E-state index contributed by atoms with van der Waals surface area (Å²) in [5.74, 6) is -1.71.